The van der Waals surface area contributed by atoms with Gasteiger partial charge in [-0.25, -0.2) is 0 Å². The molecule has 77 heavy (non-hydrogen) atoms. The van der Waals surface area contributed by atoms with Crippen LogP contribution in [0.5, 0.6) is 0 Å². The first kappa shape index (κ1) is 73.3. The molecule has 6 nitrogen and oxygen atoms in total. The lowest BCUT2D eigenvalue weighted by atomic mass is 10.0. The Balaban J connectivity index is 4.32. The fraction of sp³-hybridized carbons (Fsp3) is 0.732. The molecule has 0 aliphatic carbocycles. The van der Waals surface area contributed by atoms with Gasteiger partial charge in [-0.05, 0) is 83.5 Å². The Morgan fingerprint density at radius 1 is 0.273 bits per heavy atom. The average Bonchev–Trinajstić information content (AvgIpc) is 3.43. The molecule has 0 radical (unpaired) electrons. The predicted molar refractivity (Wildman–Crippen MR) is 334 cm³/mol. The van der Waals surface area contributed by atoms with Crippen LogP contribution in [0.15, 0.2) is 97.2 Å². The lowest BCUT2D eigenvalue weighted by molar-refractivity contribution is -0.166. The van der Waals surface area contributed by atoms with Crippen molar-refractivity contribution in [1.82, 2.24) is 0 Å². The molecular weight excluding hydrogens is 949 g/mol. The highest BCUT2D eigenvalue weighted by molar-refractivity contribution is 5.71. The summed E-state index contributed by atoms with van der Waals surface area (Å²) in [5, 5.41) is 0. The summed E-state index contributed by atoms with van der Waals surface area (Å²) in [6, 6.07) is 0. The van der Waals surface area contributed by atoms with E-state index in [4.69, 9.17) is 14.2 Å². The van der Waals surface area contributed by atoms with Crippen molar-refractivity contribution in [2.45, 2.75) is 322 Å². The predicted octanol–water partition coefficient (Wildman–Crippen LogP) is 22.4. The summed E-state index contributed by atoms with van der Waals surface area (Å²) in [5.41, 5.74) is 0. The third-order valence-electron chi connectivity index (χ3n) is 14.1. The second-order valence-corrected chi connectivity index (χ2v) is 21.6. The first-order valence-electron chi connectivity index (χ1n) is 32.7. The van der Waals surface area contributed by atoms with Crippen LogP contribution >= 0.6 is 0 Å². The molecule has 0 heterocycles. The van der Waals surface area contributed by atoms with Gasteiger partial charge in [0, 0.05) is 19.3 Å². The number of carbonyl (C=O) groups is 3. The molecule has 0 aromatic carbocycles. The Morgan fingerprint density at radius 3 is 0.870 bits per heavy atom. The van der Waals surface area contributed by atoms with Crippen LogP contribution in [-0.2, 0) is 28.6 Å². The molecule has 1 unspecified atom stereocenters. The lowest BCUT2D eigenvalue weighted by Gasteiger charge is -2.18. The zero-order valence-corrected chi connectivity index (χ0v) is 50.7. The summed E-state index contributed by atoms with van der Waals surface area (Å²) in [6.45, 7) is 6.38. The molecule has 0 amide bonds. The zero-order chi connectivity index (χ0) is 55.7. The van der Waals surface area contributed by atoms with Gasteiger partial charge in [0.05, 0.1) is 0 Å². The summed E-state index contributed by atoms with van der Waals surface area (Å²) >= 11 is 0. The number of hydrogen-bond donors (Lipinski definition) is 0. The minimum atomic E-state index is -0.812. The molecule has 0 saturated heterocycles. The van der Waals surface area contributed by atoms with Gasteiger partial charge in [0.25, 0.3) is 0 Å². The van der Waals surface area contributed by atoms with Crippen LogP contribution in [0, 0.1) is 0 Å². The normalized spacial score (nSPS) is 12.7. The van der Waals surface area contributed by atoms with Gasteiger partial charge in [0.2, 0.25) is 0 Å². The topological polar surface area (TPSA) is 78.9 Å². The summed E-state index contributed by atoms with van der Waals surface area (Å²) in [4.78, 5) is 38.3. The molecule has 0 aliphatic heterocycles. The van der Waals surface area contributed by atoms with Crippen molar-refractivity contribution in [2.24, 2.45) is 0 Å². The van der Waals surface area contributed by atoms with Gasteiger partial charge in [-0.3, -0.25) is 14.4 Å². The van der Waals surface area contributed by atoms with Gasteiger partial charge < -0.3 is 14.2 Å². The number of ether oxygens (including phenoxy) is 3. The van der Waals surface area contributed by atoms with E-state index in [1.165, 1.54) is 173 Å². The molecular formula is C71H122O6. The maximum absolute atomic E-state index is 12.9. The van der Waals surface area contributed by atoms with Gasteiger partial charge >= 0.3 is 17.9 Å². The van der Waals surface area contributed by atoms with Crippen LogP contribution in [0.2, 0.25) is 0 Å². The van der Waals surface area contributed by atoms with Gasteiger partial charge in [-0.2, -0.15) is 0 Å². The Kier molecular flexibility index (Phi) is 61.8. The number of rotatable bonds is 59. The minimum absolute atomic E-state index is 0.101. The monoisotopic (exact) mass is 1070 g/mol. The maximum atomic E-state index is 12.9. The van der Waals surface area contributed by atoms with E-state index in [0.717, 1.165) is 96.3 Å². The van der Waals surface area contributed by atoms with Crippen LogP contribution in [-0.4, -0.2) is 37.2 Å². The van der Waals surface area contributed by atoms with E-state index in [1.807, 2.05) is 6.08 Å². The first-order valence-corrected chi connectivity index (χ1v) is 32.7. The molecule has 0 spiro atoms. The highest BCUT2D eigenvalue weighted by atomic mass is 16.6. The fourth-order valence-corrected chi connectivity index (χ4v) is 9.27. The van der Waals surface area contributed by atoms with Crippen molar-refractivity contribution in [1.29, 1.82) is 0 Å². The average molecular weight is 1070 g/mol. The molecule has 0 aromatic heterocycles. The second kappa shape index (κ2) is 64.9. The minimum Gasteiger partial charge on any atom is -0.462 e. The van der Waals surface area contributed by atoms with Crippen LogP contribution in [0.1, 0.15) is 316 Å². The molecule has 0 bridgehead atoms. The molecule has 0 fully saturated rings. The van der Waals surface area contributed by atoms with Crippen molar-refractivity contribution in [3.63, 3.8) is 0 Å². The Bertz CT molecular complexity index is 1510. The van der Waals surface area contributed by atoms with E-state index in [1.54, 1.807) is 0 Å². The Labute approximate surface area is 477 Å². The standard InChI is InChI=1S/C71H122O6/c1-4-7-10-13-16-19-22-25-27-29-31-33-34-35-36-38-39-41-43-46-49-52-55-58-61-64-70(73)76-67-68(66-75-69(72)63-60-57-54-51-48-45-24-21-18-15-12-9-6-3)77-71(74)65-62-59-56-53-50-47-44-42-40-37-32-30-28-26-23-20-17-14-11-8-5-2/h8-9,11-12,17-18,20-21,26,28,32,37,45,48,54,57,68H,4-7,10,13-16,19,22-25,27,29-31,33-36,38-44,46-47,49-53,55-56,58-67H2,1-3H3/b11-8-,12-9-,20-17-,21-18-,28-26-,37-32-,48-45-,57-54-. The number of hydrogen-bond acceptors (Lipinski definition) is 6. The van der Waals surface area contributed by atoms with E-state index >= 15 is 0 Å². The third kappa shape index (κ3) is 63.0. The molecule has 442 valence electrons. The Morgan fingerprint density at radius 2 is 0.532 bits per heavy atom. The van der Waals surface area contributed by atoms with Crippen LogP contribution in [0.25, 0.3) is 0 Å². The van der Waals surface area contributed by atoms with Gasteiger partial charge in [0.15, 0.2) is 6.10 Å². The summed E-state index contributed by atoms with van der Waals surface area (Å²) in [7, 11) is 0. The number of esters is 3. The Hall–Kier alpha value is -3.67. The van der Waals surface area contributed by atoms with Crippen LogP contribution < -0.4 is 0 Å². The maximum Gasteiger partial charge on any atom is 0.306 e. The molecule has 0 rings (SSSR count). The van der Waals surface area contributed by atoms with Crippen molar-refractivity contribution < 1.29 is 28.6 Å². The molecule has 0 saturated carbocycles. The van der Waals surface area contributed by atoms with E-state index in [2.05, 4.69) is 112 Å². The fourth-order valence-electron chi connectivity index (χ4n) is 9.27. The van der Waals surface area contributed by atoms with E-state index in [0.29, 0.717) is 19.3 Å². The zero-order valence-electron chi connectivity index (χ0n) is 50.7. The van der Waals surface area contributed by atoms with Crippen molar-refractivity contribution >= 4 is 17.9 Å². The number of unbranched alkanes of at least 4 members (excludes halogenated alkanes) is 32. The van der Waals surface area contributed by atoms with Gasteiger partial charge in [-0.15, -0.1) is 0 Å². The lowest BCUT2D eigenvalue weighted by Crippen LogP contribution is -2.30. The van der Waals surface area contributed by atoms with Crippen molar-refractivity contribution in [3.05, 3.63) is 97.2 Å². The van der Waals surface area contributed by atoms with Crippen LogP contribution in [0.4, 0.5) is 0 Å². The number of carbonyl (C=O) groups excluding carboxylic acids is 3. The highest BCUT2D eigenvalue weighted by Gasteiger charge is 2.19. The SMILES string of the molecule is CC/C=C\C/C=C\C/C=C\C/C=C\CCCCCCCCCCC(=O)OC(COC(=O)CC/C=C\C/C=C\C/C=C\C/C=C\CC)COC(=O)CCCCCCCCCCCCCCCCCCCCCCCCCCC. The molecule has 6 heteroatoms. The summed E-state index contributed by atoms with van der Waals surface area (Å²) in [6.07, 6.45) is 87.3. The van der Waals surface area contributed by atoms with Gasteiger partial charge in [0.1, 0.15) is 13.2 Å². The van der Waals surface area contributed by atoms with E-state index in [-0.39, 0.29) is 37.5 Å². The van der Waals surface area contributed by atoms with E-state index < -0.39 is 6.10 Å². The second-order valence-electron chi connectivity index (χ2n) is 21.6. The molecule has 0 aromatic rings. The smallest absolute Gasteiger partial charge is 0.306 e. The first-order chi connectivity index (χ1) is 38.0. The molecule has 0 N–H and O–H groups in total. The third-order valence-corrected chi connectivity index (χ3v) is 14.1. The largest absolute Gasteiger partial charge is 0.462 e. The number of allylic oxidation sites excluding steroid dienone is 16. The molecule has 1 atom stereocenters. The molecule has 0 aliphatic rings. The van der Waals surface area contributed by atoms with Crippen LogP contribution in [0.3, 0.4) is 0 Å². The summed E-state index contributed by atoms with van der Waals surface area (Å²) in [5.74, 6) is -0.983. The van der Waals surface area contributed by atoms with E-state index in [9.17, 15) is 14.4 Å². The van der Waals surface area contributed by atoms with Crippen molar-refractivity contribution in [3.8, 4) is 0 Å². The highest BCUT2D eigenvalue weighted by Crippen LogP contribution is 2.17. The quantitative estimate of drug-likeness (QED) is 0.0261. The van der Waals surface area contributed by atoms with Gasteiger partial charge in [-0.1, -0.05) is 311 Å². The van der Waals surface area contributed by atoms with Crippen molar-refractivity contribution in [2.75, 3.05) is 13.2 Å². The summed E-state index contributed by atoms with van der Waals surface area (Å²) < 4.78 is 16.9.